The van der Waals surface area contributed by atoms with E-state index < -0.39 is 0 Å². The van der Waals surface area contributed by atoms with Gasteiger partial charge in [-0.2, -0.15) is 0 Å². The van der Waals surface area contributed by atoms with Gasteiger partial charge in [0.1, 0.15) is 5.15 Å². The van der Waals surface area contributed by atoms with Crippen molar-refractivity contribution >= 4 is 23.2 Å². The zero-order chi connectivity index (χ0) is 9.84. The van der Waals surface area contributed by atoms with Gasteiger partial charge in [0.15, 0.2) is 0 Å². The van der Waals surface area contributed by atoms with Gasteiger partial charge < -0.3 is 10.5 Å². The molecule has 72 valence electrons. The smallest absolute Gasteiger partial charge is 0.133 e. The minimum absolute atomic E-state index is 0.288. The number of aromatic nitrogens is 1. The first kappa shape index (κ1) is 10.7. The van der Waals surface area contributed by atoms with Crippen LogP contribution in [0.1, 0.15) is 11.6 Å². The maximum atomic E-state index is 5.82. The van der Waals surface area contributed by atoms with Crippen LogP contribution in [0.25, 0.3) is 0 Å². The van der Waals surface area contributed by atoms with Gasteiger partial charge in [-0.05, 0) is 6.07 Å². The lowest BCUT2D eigenvalue weighted by molar-refractivity contribution is 0.181. The zero-order valence-corrected chi connectivity index (χ0v) is 8.64. The maximum Gasteiger partial charge on any atom is 0.133 e. The van der Waals surface area contributed by atoms with Crippen LogP contribution in [-0.2, 0) is 4.74 Å². The minimum atomic E-state index is -0.288. The number of ether oxygens (including phenoxy) is 1. The van der Waals surface area contributed by atoms with E-state index in [1.54, 1.807) is 13.2 Å². The van der Waals surface area contributed by atoms with Crippen LogP contribution >= 0.6 is 23.2 Å². The van der Waals surface area contributed by atoms with E-state index in [-0.39, 0.29) is 6.04 Å². The van der Waals surface area contributed by atoms with Gasteiger partial charge in [0.2, 0.25) is 0 Å². The molecule has 0 bridgehead atoms. The summed E-state index contributed by atoms with van der Waals surface area (Å²) in [6.45, 7) is 0.391. The van der Waals surface area contributed by atoms with E-state index in [4.69, 9.17) is 33.7 Å². The van der Waals surface area contributed by atoms with Crippen LogP contribution in [0.3, 0.4) is 0 Å². The molecule has 1 aromatic rings. The highest BCUT2D eigenvalue weighted by atomic mass is 35.5. The molecule has 0 radical (unpaired) electrons. The van der Waals surface area contributed by atoms with Gasteiger partial charge in [0.25, 0.3) is 0 Å². The highest BCUT2D eigenvalue weighted by Crippen LogP contribution is 2.22. The van der Waals surface area contributed by atoms with Crippen LogP contribution in [0.5, 0.6) is 0 Å². The van der Waals surface area contributed by atoms with Crippen molar-refractivity contribution in [1.82, 2.24) is 4.98 Å². The molecule has 1 rings (SSSR count). The minimum Gasteiger partial charge on any atom is -0.383 e. The Morgan fingerprint density at radius 3 is 2.92 bits per heavy atom. The Hall–Kier alpha value is -0.350. The summed E-state index contributed by atoms with van der Waals surface area (Å²) in [6, 6.07) is 1.41. The number of pyridine rings is 1. The van der Waals surface area contributed by atoms with E-state index >= 15 is 0 Å². The Bertz CT molecular complexity index is 293. The number of nitrogens with two attached hydrogens (primary N) is 1. The molecule has 13 heavy (non-hydrogen) atoms. The maximum absolute atomic E-state index is 5.82. The molecule has 0 aliphatic heterocycles. The van der Waals surface area contributed by atoms with Gasteiger partial charge >= 0.3 is 0 Å². The van der Waals surface area contributed by atoms with Gasteiger partial charge in [-0.15, -0.1) is 0 Å². The first-order chi connectivity index (χ1) is 6.15. The Kier molecular flexibility index (Phi) is 3.93. The van der Waals surface area contributed by atoms with Crippen LogP contribution in [0.4, 0.5) is 0 Å². The molecule has 2 N–H and O–H groups in total. The summed E-state index contributed by atoms with van der Waals surface area (Å²) in [4.78, 5) is 3.88. The molecule has 0 saturated heterocycles. The molecule has 0 saturated carbocycles. The molecule has 1 unspecified atom stereocenters. The Labute approximate surface area is 86.8 Å². The number of nitrogens with zero attached hydrogens (tertiary/aromatic N) is 1. The lowest BCUT2D eigenvalue weighted by Crippen LogP contribution is -2.16. The standard InChI is InChI=1S/C8H10Cl2N2O/c1-13-4-7(11)6-2-5(9)3-12-8(6)10/h2-3,7H,4,11H2,1H3. The van der Waals surface area contributed by atoms with Crippen molar-refractivity contribution in [2.24, 2.45) is 5.73 Å². The summed E-state index contributed by atoms with van der Waals surface area (Å²) in [5.41, 5.74) is 6.47. The molecule has 0 aliphatic rings. The molecule has 3 nitrogen and oxygen atoms in total. The molecule has 1 atom stereocenters. The molecule has 1 heterocycles. The summed E-state index contributed by atoms with van der Waals surface area (Å²) in [5, 5.41) is 0.889. The fourth-order valence-electron chi connectivity index (χ4n) is 0.968. The lowest BCUT2D eigenvalue weighted by atomic mass is 10.1. The van der Waals surface area contributed by atoms with E-state index in [0.717, 1.165) is 0 Å². The highest BCUT2D eigenvalue weighted by Gasteiger charge is 2.11. The van der Waals surface area contributed by atoms with Crippen molar-refractivity contribution in [3.63, 3.8) is 0 Å². The van der Waals surface area contributed by atoms with Crippen LogP contribution in [0.15, 0.2) is 12.3 Å². The fraction of sp³-hybridized carbons (Fsp3) is 0.375. The van der Waals surface area contributed by atoms with Gasteiger partial charge in [-0.3, -0.25) is 0 Å². The SMILES string of the molecule is COCC(N)c1cc(Cl)cnc1Cl. The molecule has 0 fully saturated rings. The third-order valence-corrected chi connectivity index (χ3v) is 2.10. The monoisotopic (exact) mass is 220 g/mol. The highest BCUT2D eigenvalue weighted by molar-refractivity contribution is 6.32. The van der Waals surface area contributed by atoms with E-state index in [0.29, 0.717) is 22.3 Å². The van der Waals surface area contributed by atoms with Gasteiger partial charge in [-0.25, -0.2) is 4.98 Å². The van der Waals surface area contributed by atoms with Crippen molar-refractivity contribution in [2.45, 2.75) is 6.04 Å². The van der Waals surface area contributed by atoms with Crippen LogP contribution in [0.2, 0.25) is 10.2 Å². The van der Waals surface area contributed by atoms with Gasteiger partial charge in [0, 0.05) is 18.9 Å². The van der Waals surface area contributed by atoms with Crippen LogP contribution in [-0.4, -0.2) is 18.7 Å². The van der Waals surface area contributed by atoms with Crippen molar-refractivity contribution in [3.05, 3.63) is 28.0 Å². The summed E-state index contributed by atoms with van der Waals surface area (Å²) in [5.74, 6) is 0. The second-order valence-electron chi connectivity index (χ2n) is 2.60. The van der Waals surface area contributed by atoms with Crippen molar-refractivity contribution in [2.75, 3.05) is 13.7 Å². The molecule has 1 aromatic heterocycles. The molecule has 0 aromatic carbocycles. The van der Waals surface area contributed by atoms with E-state index in [1.807, 2.05) is 0 Å². The number of halogens is 2. The number of hydrogen-bond donors (Lipinski definition) is 1. The summed E-state index contributed by atoms with van der Waals surface area (Å²) < 4.78 is 4.90. The molecular formula is C8H10Cl2N2O. The van der Waals surface area contributed by atoms with Gasteiger partial charge in [0.05, 0.1) is 17.7 Å². The average Bonchev–Trinajstić information content (AvgIpc) is 2.09. The van der Waals surface area contributed by atoms with Crippen LogP contribution in [0, 0.1) is 0 Å². The first-order valence-corrected chi connectivity index (χ1v) is 4.46. The Balaban J connectivity index is 2.91. The quantitative estimate of drug-likeness (QED) is 0.794. The zero-order valence-electron chi connectivity index (χ0n) is 7.13. The number of methoxy groups -OCH3 is 1. The summed E-state index contributed by atoms with van der Waals surface area (Å²) >= 11 is 11.6. The van der Waals surface area contributed by atoms with E-state index in [1.165, 1.54) is 6.20 Å². The number of hydrogen-bond acceptors (Lipinski definition) is 3. The largest absolute Gasteiger partial charge is 0.383 e. The second-order valence-corrected chi connectivity index (χ2v) is 3.39. The predicted octanol–water partition coefficient (Wildman–Crippen LogP) is 2.03. The fourth-order valence-corrected chi connectivity index (χ4v) is 1.38. The van der Waals surface area contributed by atoms with Crippen molar-refractivity contribution in [3.8, 4) is 0 Å². The lowest BCUT2D eigenvalue weighted by Gasteiger charge is -2.11. The second kappa shape index (κ2) is 4.77. The molecule has 0 aliphatic carbocycles. The summed E-state index contributed by atoms with van der Waals surface area (Å²) in [7, 11) is 1.58. The average molecular weight is 221 g/mol. The molecule has 0 amide bonds. The topological polar surface area (TPSA) is 48.1 Å². The van der Waals surface area contributed by atoms with E-state index in [2.05, 4.69) is 4.98 Å². The Morgan fingerprint density at radius 2 is 2.31 bits per heavy atom. The third kappa shape index (κ3) is 2.81. The normalized spacial score (nSPS) is 12.9. The predicted molar refractivity (Wildman–Crippen MR) is 53.1 cm³/mol. The van der Waals surface area contributed by atoms with Crippen molar-refractivity contribution in [1.29, 1.82) is 0 Å². The number of rotatable bonds is 3. The molecular weight excluding hydrogens is 211 g/mol. The summed E-state index contributed by atoms with van der Waals surface area (Å²) in [6.07, 6.45) is 1.48. The molecule has 5 heteroatoms. The van der Waals surface area contributed by atoms with Crippen LogP contribution < -0.4 is 5.73 Å². The van der Waals surface area contributed by atoms with Gasteiger partial charge in [-0.1, -0.05) is 23.2 Å². The van der Waals surface area contributed by atoms with Crippen molar-refractivity contribution < 1.29 is 4.74 Å². The Morgan fingerprint density at radius 1 is 1.62 bits per heavy atom. The third-order valence-electron chi connectivity index (χ3n) is 1.58. The molecule has 0 spiro atoms. The van der Waals surface area contributed by atoms with E-state index in [9.17, 15) is 0 Å². The first-order valence-electron chi connectivity index (χ1n) is 3.70.